The lowest BCUT2D eigenvalue weighted by atomic mass is 10.2. The Morgan fingerprint density at radius 3 is 3.00 bits per heavy atom. The Hall–Kier alpha value is -0.600. The number of alkyl halides is 1. The van der Waals surface area contributed by atoms with Crippen LogP contribution in [0.5, 0.6) is 0 Å². The van der Waals surface area contributed by atoms with Gasteiger partial charge in [-0.15, -0.1) is 11.6 Å². The molecule has 0 bridgehead atoms. The summed E-state index contributed by atoms with van der Waals surface area (Å²) < 4.78 is 0. The molecule has 0 saturated carbocycles. The number of nitrogens with one attached hydrogen (secondary N) is 1. The fraction of sp³-hybridized carbons (Fsp3) is 0.583. The van der Waals surface area contributed by atoms with Crippen molar-refractivity contribution in [2.24, 2.45) is 0 Å². The summed E-state index contributed by atoms with van der Waals surface area (Å²) in [4.78, 5) is 4.32. The van der Waals surface area contributed by atoms with Crippen LogP contribution in [0.1, 0.15) is 31.0 Å². The second-order valence-electron chi connectivity index (χ2n) is 3.74. The van der Waals surface area contributed by atoms with Crippen molar-refractivity contribution in [3.8, 4) is 0 Å². The maximum Gasteiger partial charge on any atom is 0.0570 e. The molecule has 0 aromatic carbocycles. The van der Waals surface area contributed by atoms with E-state index in [2.05, 4.69) is 30.2 Å². The summed E-state index contributed by atoms with van der Waals surface area (Å²) in [6.45, 7) is 5.99. The molecule has 1 aromatic rings. The summed E-state index contributed by atoms with van der Waals surface area (Å²) in [5.41, 5.74) is 2.36. The van der Waals surface area contributed by atoms with Gasteiger partial charge >= 0.3 is 0 Å². The Kier molecular flexibility index (Phi) is 5.66. The lowest BCUT2D eigenvalue weighted by Gasteiger charge is -2.08. The fourth-order valence-electron chi connectivity index (χ4n) is 1.37. The first-order chi connectivity index (χ1) is 7.24. The van der Waals surface area contributed by atoms with Gasteiger partial charge < -0.3 is 5.32 Å². The molecule has 84 valence electrons. The van der Waals surface area contributed by atoms with Gasteiger partial charge in [0.25, 0.3) is 0 Å². The molecule has 3 heteroatoms. The highest BCUT2D eigenvalue weighted by atomic mass is 35.5. The molecule has 0 amide bonds. The van der Waals surface area contributed by atoms with E-state index in [0.29, 0.717) is 5.38 Å². The highest BCUT2D eigenvalue weighted by Gasteiger charge is 2.01. The first-order valence-corrected chi connectivity index (χ1v) is 5.93. The highest BCUT2D eigenvalue weighted by molar-refractivity contribution is 6.20. The summed E-state index contributed by atoms with van der Waals surface area (Å²) in [5.74, 6) is 0. The van der Waals surface area contributed by atoms with Gasteiger partial charge in [0.15, 0.2) is 0 Å². The van der Waals surface area contributed by atoms with E-state index >= 15 is 0 Å². The molecule has 2 nitrogen and oxygen atoms in total. The molecule has 0 aliphatic rings. The van der Waals surface area contributed by atoms with Crippen LogP contribution in [0.4, 0.5) is 0 Å². The molecule has 0 aliphatic heterocycles. The predicted molar refractivity (Wildman–Crippen MR) is 65.2 cm³/mol. The molecule has 1 heterocycles. The average Bonchev–Trinajstić information content (AvgIpc) is 2.26. The van der Waals surface area contributed by atoms with Crippen molar-refractivity contribution in [1.29, 1.82) is 0 Å². The number of pyridine rings is 1. The second kappa shape index (κ2) is 6.81. The van der Waals surface area contributed by atoms with Crippen LogP contribution in [-0.2, 0) is 6.54 Å². The van der Waals surface area contributed by atoms with E-state index < -0.39 is 0 Å². The zero-order valence-electron chi connectivity index (χ0n) is 9.46. The van der Waals surface area contributed by atoms with Crippen LogP contribution in [-0.4, -0.2) is 16.9 Å². The monoisotopic (exact) mass is 226 g/mol. The van der Waals surface area contributed by atoms with Gasteiger partial charge in [-0.2, -0.15) is 0 Å². The van der Waals surface area contributed by atoms with Gasteiger partial charge in [0.05, 0.1) is 5.69 Å². The SMILES string of the molecule is CCC(Cl)CCNCc1ncccc1C. The third-order valence-electron chi connectivity index (χ3n) is 2.49. The number of aromatic nitrogens is 1. The molecular weight excluding hydrogens is 208 g/mol. The Balaban J connectivity index is 2.23. The van der Waals surface area contributed by atoms with E-state index in [-0.39, 0.29) is 0 Å². The van der Waals surface area contributed by atoms with Crippen molar-refractivity contribution >= 4 is 11.6 Å². The minimum Gasteiger partial charge on any atom is -0.311 e. The van der Waals surface area contributed by atoms with Gasteiger partial charge in [0, 0.05) is 18.1 Å². The van der Waals surface area contributed by atoms with Crippen molar-refractivity contribution in [2.75, 3.05) is 6.54 Å². The molecule has 0 fully saturated rings. The van der Waals surface area contributed by atoms with Gasteiger partial charge in [0.2, 0.25) is 0 Å². The number of aryl methyl sites for hydroxylation is 1. The smallest absolute Gasteiger partial charge is 0.0570 e. The van der Waals surface area contributed by atoms with E-state index in [4.69, 9.17) is 11.6 Å². The summed E-state index contributed by atoms with van der Waals surface area (Å²) in [5, 5.41) is 3.65. The first-order valence-electron chi connectivity index (χ1n) is 5.49. The van der Waals surface area contributed by atoms with E-state index in [1.54, 1.807) is 0 Å². The van der Waals surface area contributed by atoms with Gasteiger partial charge in [-0.1, -0.05) is 13.0 Å². The topological polar surface area (TPSA) is 24.9 Å². The molecule has 1 rings (SSSR count). The minimum absolute atomic E-state index is 0.294. The Morgan fingerprint density at radius 2 is 2.33 bits per heavy atom. The van der Waals surface area contributed by atoms with Gasteiger partial charge in [-0.25, -0.2) is 0 Å². The van der Waals surface area contributed by atoms with Crippen molar-refractivity contribution in [2.45, 2.75) is 38.6 Å². The maximum atomic E-state index is 6.02. The standard InChI is InChI=1S/C12H19ClN2/c1-3-11(13)6-8-14-9-12-10(2)5-4-7-15-12/h4-5,7,11,14H,3,6,8-9H2,1-2H3. The van der Waals surface area contributed by atoms with Crippen molar-refractivity contribution in [3.05, 3.63) is 29.6 Å². The summed E-state index contributed by atoms with van der Waals surface area (Å²) in [6.07, 6.45) is 3.89. The summed E-state index contributed by atoms with van der Waals surface area (Å²) >= 11 is 6.02. The van der Waals surface area contributed by atoms with Crippen LogP contribution >= 0.6 is 11.6 Å². The van der Waals surface area contributed by atoms with E-state index in [1.165, 1.54) is 5.56 Å². The molecular formula is C12H19ClN2. The van der Waals surface area contributed by atoms with Crippen LogP contribution in [0.15, 0.2) is 18.3 Å². The van der Waals surface area contributed by atoms with Crippen LogP contribution in [0.3, 0.4) is 0 Å². The van der Waals surface area contributed by atoms with E-state index in [0.717, 1.165) is 31.6 Å². The largest absolute Gasteiger partial charge is 0.311 e. The Bertz CT molecular complexity index is 289. The number of nitrogens with zero attached hydrogens (tertiary/aromatic N) is 1. The lowest BCUT2D eigenvalue weighted by molar-refractivity contribution is 0.614. The summed E-state index contributed by atoms with van der Waals surface area (Å²) in [6, 6.07) is 4.05. The average molecular weight is 227 g/mol. The first kappa shape index (κ1) is 12.5. The molecule has 15 heavy (non-hydrogen) atoms. The molecule has 0 spiro atoms. The number of hydrogen-bond donors (Lipinski definition) is 1. The number of halogens is 1. The normalized spacial score (nSPS) is 12.7. The summed E-state index contributed by atoms with van der Waals surface area (Å²) in [7, 11) is 0. The zero-order chi connectivity index (χ0) is 11.1. The van der Waals surface area contributed by atoms with Crippen molar-refractivity contribution < 1.29 is 0 Å². The minimum atomic E-state index is 0.294. The molecule has 0 radical (unpaired) electrons. The highest BCUT2D eigenvalue weighted by Crippen LogP contribution is 2.06. The van der Waals surface area contributed by atoms with Gasteiger partial charge in [-0.3, -0.25) is 4.98 Å². The van der Waals surface area contributed by atoms with Crippen molar-refractivity contribution in [3.63, 3.8) is 0 Å². The molecule has 1 aromatic heterocycles. The Labute approximate surface area is 97.1 Å². The zero-order valence-corrected chi connectivity index (χ0v) is 10.2. The molecule has 1 unspecified atom stereocenters. The third-order valence-corrected chi connectivity index (χ3v) is 3.01. The molecule has 1 N–H and O–H groups in total. The van der Waals surface area contributed by atoms with Crippen molar-refractivity contribution in [1.82, 2.24) is 10.3 Å². The predicted octanol–water partition coefficient (Wildman–Crippen LogP) is 2.89. The number of hydrogen-bond acceptors (Lipinski definition) is 2. The van der Waals surface area contributed by atoms with Crippen LogP contribution in [0, 0.1) is 6.92 Å². The van der Waals surface area contributed by atoms with Crippen LogP contribution < -0.4 is 5.32 Å². The molecule has 0 saturated heterocycles. The van der Waals surface area contributed by atoms with Gasteiger partial charge in [0.1, 0.15) is 0 Å². The van der Waals surface area contributed by atoms with Crippen LogP contribution in [0.2, 0.25) is 0 Å². The fourth-order valence-corrected chi connectivity index (χ4v) is 1.48. The molecule has 1 atom stereocenters. The Morgan fingerprint density at radius 1 is 1.53 bits per heavy atom. The number of rotatable bonds is 6. The van der Waals surface area contributed by atoms with Crippen LogP contribution in [0.25, 0.3) is 0 Å². The van der Waals surface area contributed by atoms with E-state index in [1.807, 2.05) is 12.3 Å². The third kappa shape index (κ3) is 4.63. The lowest BCUT2D eigenvalue weighted by Crippen LogP contribution is -2.19. The molecule has 0 aliphatic carbocycles. The maximum absolute atomic E-state index is 6.02. The second-order valence-corrected chi connectivity index (χ2v) is 4.36. The quantitative estimate of drug-likeness (QED) is 0.596. The van der Waals surface area contributed by atoms with Gasteiger partial charge in [-0.05, 0) is 37.9 Å². The van der Waals surface area contributed by atoms with E-state index in [9.17, 15) is 0 Å².